The van der Waals surface area contributed by atoms with Gasteiger partial charge in [-0.05, 0) is 5.41 Å². The molecule has 0 aliphatic rings. The lowest BCUT2D eigenvalue weighted by molar-refractivity contribution is -0.123. The van der Waals surface area contributed by atoms with Crippen molar-refractivity contribution in [2.45, 2.75) is 34.6 Å². The quantitative estimate of drug-likeness (QED) is 0.498. The predicted molar refractivity (Wildman–Crippen MR) is 50.9 cm³/mol. The first-order valence-electron chi connectivity index (χ1n) is 4.17. The summed E-state index contributed by atoms with van der Waals surface area (Å²) < 4.78 is 0. The fraction of sp³-hybridized carbons (Fsp3) is 0.778. The molecule has 0 bridgehead atoms. The second-order valence-electron chi connectivity index (χ2n) is 4.25. The zero-order valence-electron chi connectivity index (χ0n) is 8.51. The normalized spacial score (nSPS) is 12.5. The molecule has 0 aliphatic heterocycles. The van der Waals surface area contributed by atoms with Gasteiger partial charge in [0.25, 0.3) is 0 Å². The van der Waals surface area contributed by atoms with Crippen LogP contribution in [0.1, 0.15) is 34.6 Å². The van der Waals surface area contributed by atoms with Crippen LogP contribution in [-0.4, -0.2) is 12.1 Å². The van der Waals surface area contributed by atoms with Gasteiger partial charge in [-0.25, -0.2) is 5.43 Å². The van der Waals surface area contributed by atoms with Crippen LogP contribution in [0.3, 0.4) is 0 Å². The van der Waals surface area contributed by atoms with Gasteiger partial charge in [-0.3, -0.25) is 4.79 Å². The molecule has 0 fully saturated rings. The van der Waals surface area contributed by atoms with Crippen LogP contribution in [-0.2, 0) is 4.79 Å². The van der Waals surface area contributed by atoms with Gasteiger partial charge in [-0.2, -0.15) is 5.10 Å². The van der Waals surface area contributed by atoms with E-state index in [4.69, 9.17) is 0 Å². The topological polar surface area (TPSA) is 41.5 Å². The summed E-state index contributed by atoms with van der Waals surface area (Å²) in [5.41, 5.74) is 2.49. The Hall–Kier alpha value is -0.860. The van der Waals surface area contributed by atoms with Crippen molar-refractivity contribution in [1.29, 1.82) is 0 Å². The number of rotatable bonds is 2. The largest absolute Gasteiger partial charge is 0.273 e. The van der Waals surface area contributed by atoms with E-state index in [1.54, 1.807) is 6.21 Å². The molecule has 0 saturated heterocycles. The minimum Gasteiger partial charge on any atom is -0.273 e. The predicted octanol–water partition coefficient (Wildman–Crippen LogP) is 1.79. The monoisotopic (exact) mass is 170 g/mol. The summed E-state index contributed by atoms with van der Waals surface area (Å²) in [5, 5.41) is 3.84. The molecular formula is C9H18N2O. The van der Waals surface area contributed by atoms with Crippen LogP contribution < -0.4 is 5.43 Å². The van der Waals surface area contributed by atoms with E-state index in [0.717, 1.165) is 0 Å². The van der Waals surface area contributed by atoms with Crippen molar-refractivity contribution in [3.05, 3.63) is 0 Å². The number of carbonyl (C=O) groups is 1. The highest BCUT2D eigenvalue weighted by Gasteiger charge is 2.07. The van der Waals surface area contributed by atoms with Gasteiger partial charge in [0.1, 0.15) is 0 Å². The number of carbonyl (C=O) groups excluding carboxylic acids is 1. The van der Waals surface area contributed by atoms with Gasteiger partial charge in [0.2, 0.25) is 5.91 Å². The van der Waals surface area contributed by atoms with Crippen molar-refractivity contribution in [2.75, 3.05) is 0 Å². The first kappa shape index (κ1) is 11.1. The van der Waals surface area contributed by atoms with Crippen molar-refractivity contribution in [2.24, 2.45) is 16.4 Å². The van der Waals surface area contributed by atoms with Gasteiger partial charge in [-0.15, -0.1) is 0 Å². The molecule has 1 N–H and O–H groups in total. The lowest BCUT2D eigenvalue weighted by atomic mass is 9.99. The molecule has 0 atom stereocenters. The van der Waals surface area contributed by atoms with E-state index < -0.39 is 0 Å². The van der Waals surface area contributed by atoms with E-state index in [2.05, 4.69) is 10.5 Å². The van der Waals surface area contributed by atoms with Gasteiger partial charge in [0, 0.05) is 12.1 Å². The average Bonchev–Trinajstić information content (AvgIpc) is 1.84. The Morgan fingerprint density at radius 2 is 1.92 bits per heavy atom. The maximum atomic E-state index is 11.0. The molecule has 0 rings (SSSR count). The van der Waals surface area contributed by atoms with Crippen molar-refractivity contribution >= 4 is 12.1 Å². The first-order chi connectivity index (χ1) is 5.33. The molecule has 12 heavy (non-hydrogen) atoms. The summed E-state index contributed by atoms with van der Waals surface area (Å²) in [6, 6.07) is 0. The molecule has 0 aromatic rings. The molecule has 0 aromatic heterocycles. The minimum atomic E-state index is -0.0458. The van der Waals surface area contributed by atoms with Gasteiger partial charge >= 0.3 is 0 Å². The summed E-state index contributed by atoms with van der Waals surface area (Å²) in [6.07, 6.45) is 1.73. The Bertz CT molecular complexity index is 177. The number of nitrogens with one attached hydrogen (secondary N) is 1. The van der Waals surface area contributed by atoms with E-state index in [1.807, 2.05) is 34.6 Å². The van der Waals surface area contributed by atoms with Crippen molar-refractivity contribution < 1.29 is 4.79 Å². The van der Waals surface area contributed by atoms with Crippen LogP contribution in [0.4, 0.5) is 0 Å². The molecule has 0 spiro atoms. The fourth-order valence-corrected chi connectivity index (χ4v) is 0.419. The molecule has 70 valence electrons. The highest BCUT2D eigenvalue weighted by atomic mass is 16.2. The third-order valence-electron chi connectivity index (χ3n) is 1.15. The Labute approximate surface area is 74.2 Å². The molecule has 0 radical (unpaired) electrons. The van der Waals surface area contributed by atoms with Crippen molar-refractivity contribution in [3.63, 3.8) is 0 Å². The summed E-state index contributed by atoms with van der Waals surface area (Å²) in [6.45, 7) is 9.75. The number of amides is 1. The van der Waals surface area contributed by atoms with Gasteiger partial charge in [0.05, 0.1) is 0 Å². The Balaban J connectivity index is 3.84. The van der Waals surface area contributed by atoms with Crippen molar-refractivity contribution in [3.8, 4) is 0 Å². The second kappa shape index (κ2) is 4.24. The second-order valence-corrected chi connectivity index (χ2v) is 4.25. The molecule has 1 amide bonds. The lowest BCUT2D eigenvalue weighted by Crippen LogP contribution is -2.24. The molecular weight excluding hydrogens is 152 g/mol. The molecule has 0 aliphatic carbocycles. The standard InChI is InChI=1S/C9H18N2O/c1-7(2)8(12)11-10-6-9(3,4)5/h6-7H,1-5H3,(H,11,12)/b10-6+. The highest BCUT2D eigenvalue weighted by Crippen LogP contribution is 2.07. The number of hydrogen-bond acceptors (Lipinski definition) is 2. The van der Waals surface area contributed by atoms with Crippen LogP contribution in [0, 0.1) is 11.3 Å². The van der Waals surface area contributed by atoms with Gasteiger partial charge in [0.15, 0.2) is 0 Å². The smallest absolute Gasteiger partial charge is 0.242 e. The molecule has 0 aromatic carbocycles. The highest BCUT2D eigenvalue weighted by molar-refractivity contribution is 5.78. The summed E-state index contributed by atoms with van der Waals surface area (Å²) in [5.74, 6) is -0.0578. The van der Waals surface area contributed by atoms with E-state index in [9.17, 15) is 4.79 Å². The molecule has 3 nitrogen and oxygen atoms in total. The average molecular weight is 170 g/mol. The Morgan fingerprint density at radius 3 is 2.25 bits per heavy atom. The van der Waals surface area contributed by atoms with Crippen LogP contribution in [0.15, 0.2) is 5.10 Å². The molecule has 0 heterocycles. The summed E-state index contributed by atoms with van der Waals surface area (Å²) in [4.78, 5) is 11.0. The molecule has 0 unspecified atom stereocenters. The SMILES string of the molecule is CC(C)C(=O)N/N=C/C(C)(C)C. The van der Waals surface area contributed by atoms with Crippen LogP contribution in [0.5, 0.6) is 0 Å². The van der Waals surface area contributed by atoms with E-state index >= 15 is 0 Å². The van der Waals surface area contributed by atoms with E-state index in [-0.39, 0.29) is 17.2 Å². The maximum absolute atomic E-state index is 11.0. The third kappa shape index (κ3) is 5.89. The first-order valence-corrected chi connectivity index (χ1v) is 4.17. The maximum Gasteiger partial charge on any atom is 0.242 e. The minimum absolute atomic E-state index is 0.0119. The van der Waals surface area contributed by atoms with Crippen LogP contribution in [0.25, 0.3) is 0 Å². The Kier molecular flexibility index (Phi) is 3.93. The molecule has 3 heteroatoms. The number of nitrogens with zero attached hydrogens (tertiary/aromatic N) is 1. The van der Waals surface area contributed by atoms with Crippen LogP contribution >= 0.6 is 0 Å². The number of hydrazone groups is 1. The third-order valence-corrected chi connectivity index (χ3v) is 1.15. The molecule has 0 saturated carbocycles. The van der Waals surface area contributed by atoms with E-state index in [1.165, 1.54) is 0 Å². The number of hydrogen-bond donors (Lipinski definition) is 1. The summed E-state index contributed by atoms with van der Waals surface area (Å²) >= 11 is 0. The van der Waals surface area contributed by atoms with Gasteiger partial charge in [-0.1, -0.05) is 34.6 Å². The zero-order valence-corrected chi connectivity index (χ0v) is 8.51. The van der Waals surface area contributed by atoms with E-state index in [0.29, 0.717) is 0 Å². The van der Waals surface area contributed by atoms with Gasteiger partial charge < -0.3 is 0 Å². The fourth-order valence-electron chi connectivity index (χ4n) is 0.419. The lowest BCUT2D eigenvalue weighted by Gasteiger charge is -2.10. The van der Waals surface area contributed by atoms with Crippen molar-refractivity contribution in [1.82, 2.24) is 5.43 Å². The van der Waals surface area contributed by atoms with Crippen LogP contribution in [0.2, 0.25) is 0 Å². The summed E-state index contributed by atoms with van der Waals surface area (Å²) in [7, 11) is 0. The Morgan fingerprint density at radius 1 is 1.42 bits per heavy atom. The zero-order chi connectivity index (χ0) is 9.78.